The van der Waals surface area contributed by atoms with Crippen LogP contribution in [0.1, 0.15) is 0 Å². The molecule has 0 aliphatic carbocycles. The van der Waals surface area contributed by atoms with Gasteiger partial charge in [-0.05, 0) is 24.3 Å². The van der Waals surface area contributed by atoms with Crippen molar-refractivity contribution in [3.05, 3.63) is 48.5 Å². The first-order chi connectivity index (χ1) is 11.1. The average Bonchev–Trinajstić information content (AvgIpc) is 3.04. The zero-order valence-corrected chi connectivity index (χ0v) is 13.8. The van der Waals surface area contributed by atoms with E-state index in [2.05, 4.69) is 10.2 Å². The van der Waals surface area contributed by atoms with Gasteiger partial charge in [0.25, 0.3) is 0 Å². The molecule has 5 heteroatoms. The van der Waals surface area contributed by atoms with Gasteiger partial charge in [0.1, 0.15) is 0 Å². The monoisotopic (exact) mass is 308 g/mol. The summed E-state index contributed by atoms with van der Waals surface area (Å²) in [5.74, 6) is 1.05. The molecule has 1 heterocycles. The maximum absolute atomic E-state index is 5.96. The first-order valence-corrected chi connectivity index (χ1v) is 7.45. The number of nitrogens with zero attached hydrogens (tertiary/aromatic N) is 4. The quantitative estimate of drug-likeness (QED) is 0.737. The molecule has 3 rings (SSSR count). The highest BCUT2D eigenvalue weighted by Crippen LogP contribution is 2.33. The van der Waals surface area contributed by atoms with Gasteiger partial charge in [-0.1, -0.05) is 24.3 Å². The van der Waals surface area contributed by atoms with Crippen LogP contribution in [-0.4, -0.2) is 38.4 Å². The van der Waals surface area contributed by atoms with Crippen LogP contribution < -0.4 is 9.80 Å². The fraction of sp³-hybridized carbons (Fsp3) is 0.222. The molecule has 2 aromatic carbocycles. The van der Waals surface area contributed by atoms with E-state index in [9.17, 15) is 0 Å². The van der Waals surface area contributed by atoms with Gasteiger partial charge in [-0.15, -0.1) is 10.2 Å². The summed E-state index contributed by atoms with van der Waals surface area (Å²) in [5, 5.41) is 8.49. The molecule has 0 bridgehead atoms. The van der Waals surface area contributed by atoms with E-state index in [1.165, 1.54) is 0 Å². The van der Waals surface area contributed by atoms with Crippen molar-refractivity contribution in [3.63, 3.8) is 0 Å². The molecule has 0 atom stereocenters. The Morgan fingerprint density at radius 3 is 1.43 bits per heavy atom. The minimum absolute atomic E-state index is 0.526. The summed E-state index contributed by atoms with van der Waals surface area (Å²) in [7, 11) is 7.99. The molecule has 0 amide bonds. The standard InChI is InChI=1S/C18H20N4O/c1-21(2)15-11-7-5-9-13(15)17-19-20-18(23-17)14-10-6-8-12-16(14)22(3)4/h5-12H,1-4H3. The first-order valence-electron chi connectivity index (χ1n) is 7.45. The van der Waals surface area contributed by atoms with Gasteiger partial charge < -0.3 is 14.2 Å². The molecule has 23 heavy (non-hydrogen) atoms. The average molecular weight is 308 g/mol. The smallest absolute Gasteiger partial charge is 0.250 e. The Bertz CT molecular complexity index is 742. The Hall–Kier alpha value is -2.82. The van der Waals surface area contributed by atoms with Crippen molar-refractivity contribution in [2.45, 2.75) is 0 Å². The number of hydrogen-bond acceptors (Lipinski definition) is 5. The minimum atomic E-state index is 0.526. The van der Waals surface area contributed by atoms with E-state index in [0.29, 0.717) is 11.8 Å². The second kappa shape index (κ2) is 6.12. The summed E-state index contributed by atoms with van der Waals surface area (Å²) in [4.78, 5) is 4.07. The molecule has 0 spiro atoms. The number of anilines is 2. The summed E-state index contributed by atoms with van der Waals surface area (Å²) >= 11 is 0. The van der Waals surface area contributed by atoms with Gasteiger partial charge in [-0.2, -0.15) is 0 Å². The van der Waals surface area contributed by atoms with Crippen molar-refractivity contribution in [1.29, 1.82) is 0 Å². The second-order valence-electron chi connectivity index (χ2n) is 5.74. The van der Waals surface area contributed by atoms with Gasteiger partial charge in [-0.25, -0.2) is 0 Å². The van der Waals surface area contributed by atoms with Crippen molar-refractivity contribution in [2.75, 3.05) is 38.0 Å². The zero-order chi connectivity index (χ0) is 16.4. The maximum Gasteiger partial charge on any atom is 0.250 e. The lowest BCUT2D eigenvalue weighted by Gasteiger charge is -2.15. The van der Waals surface area contributed by atoms with Crippen LogP contribution in [0.5, 0.6) is 0 Å². The van der Waals surface area contributed by atoms with Crippen LogP contribution in [0.15, 0.2) is 52.9 Å². The minimum Gasteiger partial charge on any atom is -0.416 e. The summed E-state index contributed by atoms with van der Waals surface area (Å²) < 4.78 is 5.96. The predicted octanol–water partition coefficient (Wildman–Crippen LogP) is 3.54. The molecule has 0 saturated carbocycles. The SMILES string of the molecule is CN(C)c1ccccc1-c1nnc(-c2ccccc2N(C)C)o1. The predicted molar refractivity (Wildman–Crippen MR) is 93.8 cm³/mol. The molecular weight excluding hydrogens is 288 g/mol. The van der Waals surface area contributed by atoms with E-state index in [1.807, 2.05) is 86.5 Å². The molecule has 118 valence electrons. The van der Waals surface area contributed by atoms with Crippen molar-refractivity contribution >= 4 is 11.4 Å². The Kier molecular flexibility index (Phi) is 4.02. The molecular formula is C18H20N4O. The number of para-hydroxylation sites is 2. The Morgan fingerprint density at radius 1 is 0.652 bits per heavy atom. The third-order valence-electron chi connectivity index (χ3n) is 3.66. The van der Waals surface area contributed by atoms with E-state index < -0.39 is 0 Å². The molecule has 3 aromatic rings. The third kappa shape index (κ3) is 2.90. The highest BCUT2D eigenvalue weighted by Gasteiger charge is 2.16. The van der Waals surface area contributed by atoms with Crippen LogP contribution in [0.2, 0.25) is 0 Å². The molecule has 0 aliphatic heterocycles. The van der Waals surface area contributed by atoms with Gasteiger partial charge >= 0.3 is 0 Å². The van der Waals surface area contributed by atoms with Crippen LogP contribution in [0.3, 0.4) is 0 Å². The molecule has 0 N–H and O–H groups in total. The highest BCUT2D eigenvalue weighted by atomic mass is 16.4. The largest absolute Gasteiger partial charge is 0.416 e. The lowest BCUT2D eigenvalue weighted by molar-refractivity contribution is 0.584. The van der Waals surface area contributed by atoms with E-state index in [4.69, 9.17) is 4.42 Å². The summed E-state index contributed by atoms with van der Waals surface area (Å²) in [6, 6.07) is 16.0. The number of rotatable bonds is 4. The fourth-order valence-electron chi connectivity index (χ4n) is 2.53. The van der Waals surface area contributed by atoms with Gasteiger partial charge in [0.15, 0.2) is 0 Å². The number of aromatic nitrogens is 2. The number of benzene rings is 2. The summed E-state index contributed by atoms with van der Waals surface area (Å²) in [5.41, 5.74) is 3.95. The van der Waals surface area contributed by atoms with E-state index >= 15 is 0 Å². The molecule has 0 radical (unpaired) electrons. The van der Waals surface area contributed by atoms with Gasteiger partial charge in [-0.3, -0.25) is 0 Å². The zero-order valence-electron chi connectivity index (χ0n) is 13.8. The van der Waals surface area contributed by atoms with Gasteiger partial charge in [0.2, 0.25) is 11.8 Å². The lowest BCUT2D eigenvalue weighted by Crippen LogP contribution is -2.09. The highest BCUT2D eigenvalue weighted by molar-refractivity contribution is 5.76. The summed E-state index contributed by atoms with van der Waals surface area (Å²) in [6.07, 6.45) is 0. The van der Waals surface area contributed by atoms with Gasteiger partial charge in [0, 0.05) is 39.6 Å². The lowest BCUT2D eigenvalue weighted by atomic mass is 10.1. The second-order valence-corrected chi connectivity index (χ2v) is 5.74. The molecule has 0 saturated heterocycles. The molecule has 5 nitrogen and oxygen atoms in total. The fourth-order valence-corrected chi connectivity index (χ4v) is 2.53. The van der Waals surface area contributed by atoms with Crippen LogP contribution in [0, 0.1) is 0 Å². The molecule has 0 unspecified atom stereocenters. The van der Waals surface area contributed by atoms with E-state index in [-0.39, 0.29) is 0 Å². The Labute approximate surface area is 136 Å². The van der Waals surface area contributed by atoms with Crippen LogP contribution >= 0.6 is 0 Å². The maximum atomic E-state index is 5.96. The Balaban J connectivity index is 2.06. The molecule has 1 aromatic heterocycles. The van der Waals surface area contributed by atoms with Crippen LogP contribution in [-0.2, 0) is 0 Å². The van der Waals surface area contributed by atoms with E-state index in [0.717, 1.165) is 22.5 Å². The van der Waals surface area contributed by atoms with E-state index in [1.54, 1.807) is 0 Å². The molecule has 0 aliphatic rings. The molecule has 0 fully saturated rings. The normalized spacial score (nSPS) is 10.6. The van der Waals surface area contributed by atoms with Crippen molar-refractivity contribution < 1.29 is 4.42 Å². The van der Waals surface area contributed by atoms with Crippen molar-refractivity contribution in [3.8, 4) is 22.9 Å². The topological polar surface area (TPSA) is 45.4 Å². The van der Waals surface area contributed by atoms with Crippen molar-refractivity contribution in [1.82, 2.24) is 10.2 Å². The van der Waals surface area contributed by atoms with Crippen LogP contribution in [0.4, 0.5) is 11.4 Å². The van der Waals surface area contributed by atoms with Crippen LogP contribution in [0.25, 0.3) is 22.9 Å². The first kappa shape index (κ1) is 15.1. The third-order valence-corrected chi connectivity index (χ3v) is 3.66. The van der Waals surface area contributed by atoms with Crippen molar-refractivity contribution in [2.24, 2.45) is 0 Å². The Morgan fingerprint density at radius 2 is 1.04 bits per heavy atom. The number of hydrogen-bond donors (Lipinski definition) is 0. The summed E-state index contributed by atoms with van der Waals surface area (Å²) in [6.45, 7) is 0. The van der Waals surface area contributed by atoms with Gasteiger partial charge in [0.05, 0.1) is 11.1 Å².